The van der Waals surface area contributed by atoms with Crippen LogP contribution < -0.4 is 0 Å². The minimum Gasteiger partial charge on any atom is -0.344 e. The SMILES string of the molecule is CC(C)N(C)CCN(C)C(=O)CCC(=O)C(C)(C)C. The molecule has 0 aromatic heterocycles. The fourth-order valence-corrected chi connectivity index (χ4v) is 1.48. The van der Waals surface area contributed by atoms with Crippen molar-refractivity contribution in [3.63, 3.8) is 0 Å². The third-order valence-electron chi connectivity index (χ3n) is 3.50. The van der Waals surface area contributed by atoms with Gasteiger partial charge in [-0.3, -0.25) is 9.59 Å². The summed E-state index contributed by atoms with van der Waals surface area (Å²) in [6.45, 7) is 11.5. The van der Waals surface area contributed by atoms with Crippen LogP contribution in [0.3, 0.4) is 0 Å². The van der Waals surface area contributed by atoms with E-state index in [2.05, 4.69) is 18.7 Å². The van der Waals surface area contributed by atoms with Crippen molar-refractivity contribution in [3.05, 3.63) is 0 Å². The van der Waals surface area contributed by atoms with Crippen LogP contribution in [-0.2, 0) is 9.59 Å². The average molecular weight is 270 g/mol. The molecule has 0 bridgehead atoms. The molecule has 0 spiro atoms. The molecule has 0 atom stereocenters. The van der Waals surface area contributed by atoms with Crippen molar-refractivity contribution >= 4 is 11.7 Å². The first kappa shape index (κ1) is 18.1. The molecule has 0 N–H and O–H groups in total. The van der Waals surface area contributed by atoms with Crippen molar-refractivity contribution in [3.8, 4) is 0 Å². The molecule has 19 heavy (non-hydrogen) atoms. The Morgan fingerprint density at radius 3 is 1.95 bits per heavy atom. The summed E-state index contributed by atoms with van der Waals surface area (Å²) in [5.74, 6) is 0.198. The van der Waals surface area contributed by atoms with Crippen molar-refractivity contribution in [2.75, 3.05) is 27.2 Å². The standard InChI is InChI=1S/C15H30N2O2/c1-12(2)16(6)10-11-17(7)14(19)9-8-13(18)15(3,4)5/h12H,8-11H2,1-7H3. The Bertz CT molecular complexity index is 306. The molecule has 4 nitrogen and oxygen atoms in total. The van der Waals surface area contributed by atoms with Gasteiger partial charge in [-0.1, -0.05) is 20.8 Å². The fourth-order valence-electron chi connectivity index (χ4n) is 1.48. The number of rotatable bonds is 7. The highest BCUT2D eigenvalue weighted by atomic mass is 16.2. The zero-order chi connectivity index (χ0) is 15.2. The molecular formula is C15H30N2O2. The van der Waals surface area contributed by atoms with Crippen LogP contribution in [0.2, 0.25) is 0 Å². The monoisotopic (exact) mass is 270 g/mol. The molecule has 0 rings (SSSR count). The summed E-state index contributed by atoms with van der Waals surface area (Å²) in [6, 6.07) is 0.478. The number of ketones is 1. The van der Waals surface area contributed by atoms with Crippen molar-refractivity contribution in [2.45, 2.75) is 53.5 Å². The molecular weight excluding hydrogens is 240 g/mol. The molecule has 0 aliphatic carbocycles. The lowest BCUT2D eigenvalue weighted by atomic mass is 9.88. The second-order valence-corrected chi connectivity index (χ2v) is 6.56. The predicted octanol–water partition coefficient (Wildman–Crippen LogP) is 2.18. The molecule has 0 aliphatic rings. The Hall–Kier alpha value is -0.900. The van der Waals surface area contributed by atoms with E-state index in [9.17, 15) is 9.59 Å². The first-order valence-corrected chi connectivity index (χ1v) is 7.03. The summed E-state index contributed by atoms with van der Waals surface area (Å²) in [7, 11) is 3.85. The van der Waals surface area contributed by atoms with Crippen molar-refractivity contribution in [2.24, 2.45) is 5.41 Å². The van der Waals surface area contributed by atoms with Crippen LogP contribution in [0.5, 0.6) is 0 Å². The summed E-state index contributed by atoms with van der Waals surface area (Å²) < 4.78 is 0. The van der Waals surface area contributed by atoms with Crippen LogP contribution >= 0.6 is 0 Å². The van der Waals surface area contributed by atoms with Gasteiger partial charge in [-0.25, -0.2) is 0 Å². The Morgan fingerprint density at radius 1 is 1.00 bits per heavy atom. The molecule has 1 amide bonds. The van der Waals surface area contributed by atoms with Gasteiger partial charge < -0.3 is 9.80 Å². The van der Waals surface area contributed by atoms with E-state index in [-0.39, 0.29) is 17.1 Å². The number of Topliss-reactive ketones (excluding diaryl/α,β-unsaturated/α-hetero) is 1. The first-order valence-electron chi connectivity index (χ1n) is 7.03. The molecule has 112 valence electrons. The quantitative estimate of drug-likeness (QED) is 0.712. The van der Waals surface area contributed by atoms with Crippen LogP contribution in [-0.4, -0.2) is 54.7 Å². The lowest BCUT2D eigenvalue weighted by molar-refractivity contribution is -0.134. The van der Waals surface area contributed by atoms with Crippen LogP contribution in [0, 0.1) is 5.41 Å². The van der Waals surface area contributed by atoms with Gasteiger partial charge in [0, 0.05) is 44.4 Å². The molecule has 0 unspecified atom stereocenters. The van der Waals surface area contributed by atoms with Gasteiger partial charge in [-0.2, -0.15) is 0 Å². The van der Waals surface area contributed by atoms with Crippen LogP contribution in [0.25, 0.3) is 0 Å². The second-order valence-electron chi connectivity index (χ2n) is 6.56. The van der Waals surface area contributed by atoms with Crippen molar-refractivity contribution in [1.82, 2.24) is 9.80 Å². The van der Waals surface area contributed by atoms with Crippen molar-refractivity contribution < 1.29 is 9.59 Å². The Morgan fingerprint density at radius 2 is 1.53 bits per heavy atom. The van der Waals surface area contributed by atoms with Gasteiger partial charge in [0.1, 0.15) is 5.78 Å². The lowest BCUT2D eigenvalue weighted by Crippen LogP contribution is -2.37. The smallest absolute Gasteiger partial charge is 0.222 e. The summed E-state index contributed by atoms with van der Waals surface area (Å²) >= 11 is 0. The fraction of sp³-hybridized carbons (Fsp3) is 0.867. The van der Waals surface area contributed by atoms with Gasteiger partial charge in [0.2, 0.25) is 5.91 Å². The van der Waals surface area contributed by atoms with E-state index in [0.29, 0.717) is 25.4 Å². The summed E-state index contributed by atoms with van der Waals surface area (Å²) in [4.78, 5) is 27.6. The molecule has 0 fully saturated rings. The minimum absolute atomic E-state index is 0.0507. The number of nitrogens with zero attached hydrogens (tertiary/aromatic N) is 2. The molecule has 0 aromatic carbocycles. The maximum atomic E-state index is 11.9. The van der Waals surface area contributed by atoms with E-state index in [1.165, 1.54) is 0 Å². The molecule has 0 saturated carbocycles. The zero-order valence-electron chi connectivity index (χ0n) is 13.6. The molecule has 0 radical (unpaired) electrons. The predicted molar refractivity (Wildman–Crippen MR) is 79.1 cm³/mol. The summed E-state index contributed by atoms with van der Waals surface area (Å²) in [5, 5.41) is 0. The summed E-state index contributed by atoms with van der Waals surface area (Å²) in [6.07, 6.45) is 0.657. The summed E-state index contributed by atoms with van der Waals surface area (Å²) in [5.41, 5.74) is -0.350. The molecule has 4 heteroatoms. The maximum absolute atomic E-state index is 11.9. The lowest BCUT2D eigenvalue weighted by Gasteiger charge is -2.25. The first-order chi connectivity index (χ1) is 8.55. The van der Waals surface area contributed by atoms with E-state index in [4.69, 9.17) is 0 Å². The zero-order valence-corrected chi connectivity index (χ0v) is 13.6. The van der Waals surface area contributed by atoms with E-state index in [1.54, 1.807) is 11.9 Å². The maximum Gasteiger partial charge on any atom is 0.222 e. The third kappa shape index (κ3) is 7.31. The Balaban J connectivity index is 4.05. The molecule has 0 saturated heterocycles. The highest BCUT2D eigenvalue weighted by Crippen LogP contribution is 2.17. The number of hydrogen-bond acceptors (Lipinski definition) is 3. The Kier molecular flexibility index (Phi) is 7.27. The number of carbonyl (C=O) groups excluding carboxylic acids is 2. The van der Waals surface area contributed by atoms with Crippen LogP contribution in [0.15, 0.2) is 0 Å². The average Bonchev–Trinajstić information content (AvgIpc) is 2.30. The van der Waals surface area contributed by atoms with Crippen LogP contribution in [0.1, 0.15) is 47.5 Å². The number of carbonyl (C=O) groups is 2. The van der Waals surface area contributed by atoms with E-state index in [0.717, 1.165) is 6.54 Å². The van der Waals surface area contributed by atoms with E-state index in [1.807, 2.05) is 27.8 Å². The van der Waals surface area contributed by atoms with Gasteiger partial charge in [-0.05, 0) is 20.9 Å². The van der Waals surface area contributed by atoms with Gasteiger partial charge >= 0.3 is 0 Å². The van der Waals surface area contributed by atoms with E-state index >= 15 is 0 Å². The topological polar surface area (TPSA) is 40.6 Å². The number of hydrogen-bond donors (Lipinski definition) is 0. The van der Waals surface area contributed by atoms with Crippen molar-refractivity contribution in [1.29, 1.82) is 0 Å². The van der Waals surface area contributed by atoms with Gasteiger partial charge in [0.15, 0.2) is 0 Å². The Labute approximate surface area is 118 Å². The highest BCUT2D eigenvalue weighted by molar-refractivity contribution is 5.88. The van der Waals surface area contributed by atoms with Crippen LogP contribution in [0.4, 0.5) is 0 Å². The second kappa shape index (κ2) is 7.63. The largest absolute Gasteiger partial charge is 0.344 e. The number of likely N-dealkylation sites (N-methyl/N-ethyl adjacent to an activating group) is 2. The molecule has 0 heterocycles. The molecule has 0 aromatic rings. The van der Waals surface area contributed by atoms with Gasteiger partial charge in [0.05, 0.1) is 0 Å². The number of amides is 1. The molecule has 0 aliphatic heterocycles. The van der Waals surface area contributed by atoms with E-state index < -0.39 is 0 Å². The van der Waals surface area contributed by atoms with Gasteiger partial charge in [0.25, 0.3) is 0 Å². The minimum atomic E-state index is -0.350. The highest BCUT2D eigenvalue weighted by Gasteiger charge is 2.22. The normalized spacial score (nSPS) is 12.1. The van der Waals surface area contributed by atoms with Gasteiger partial charge in [-0.15, -0.1) is 0 Å². The third-order valence-corrected chi connectivity index (χ3v) is 3.50.